The molecule has 0 saturated heterocycles. The summed E-state index contributed by atoms with van der Waals surface area (Å²) in [4.78, 5) is 16.7. The van der Waals surface area contributed by atoms with Gasteiger partial charge in [-0.1, -0.05) is 22.8 Å². The van der Waals surface area contributed by atoms with Crippen molar-refractivity contribution in [2.24, 2.45) is 5.16 Å². The first-order valence-corrected chi connectivity index (χ1v) is 8.53. The summed E-state index contributed by atoms with van der Waals surface area (Å²) in [5.74, 6) is -0.535. The summed E-state index contributed by atoms with van der Waals surface area (Å²) in [5.41, 5.74) is 4.18. The van der Waals surface area contributed by atoms with Crippen LogP contribution in [0.5, 0.6) is 0 Å². The molecular formula is C19H16ClF3N2O3. The topological polar surface area (TPSA) is 73.9 Å². The van der Waals surface area contributed by atoms with Gasteiger partial charge >= 0.3 is 12.1 Å². The summed E-state index contributed by atoms with van der Waals surface area (Å²) < 4.78 is 46.7. The van der Waals surface area contributed by atoms with Crippen LogP contribution in [-0.4, -0.2) is 25.0 Å². The predicted octanol–water partition coefficient (Wildman–Crippen LogP) is 4.60. The highest BCUT2D eigenvalue weighted by Gasteiger charge is 2.62. The van der Waals surface area contributed by atoms with E-state index in [1.54, 1.807) is 13.0 Å². The van der Waals surface area contributed by atoms with Crippen LogP contribution in [0.3, 0.4) is 0 Å². The van der Waals surface area contributed by atoms with Crippen molar-refractivity contribution in [3.05, 3.63) is 63.7 Å². The van der Waals surface area contributed by atoms with E-state index in [-0.39, 0.29) is 22.0 Å². The van der Waals surface area contributed by atoms with E-state index in [0.29, 0.717) is 16.7 Å². The Morgan fingerprint density at radius 3 is 2.57 bits per heavy atom. The monoisotopic (exact) mass is 412 g/mol. The van der Waals surface area contributed by atoms with Crippen molar-refractivity contribution in [2.75, 3.05) is 12.8 Å². The van der Waals surface area contributed by atoms with Crippen molar-refractivity contribution in [2.45, 2.75) is 25.1 Å². The standard InChI is InChI=1S/C19H16ClF3N2O3/c1-10-5-11(3-4-15(10)17(26)27-2)16-9-18(28-25-16,19(21,22)23)12-6-13(20)8-14(24)7-12/h3-8H,9,24H2,1-2H3. The predicted molar refractivity (Wildman–Crippen MR) is 98.4 cm³/mol. The molecule has 0 aromatic heterocycles. The number of nitrogens with zero attached hydrogens (tertiary/aromatic N) is 1. The van der Waals surface area contributed by atoms with Gasteiger partial charge in [-0.05, 0) is 48.4 Å². The van der Waals surface area contributed by atoms with Gasteiger partial charge in [0.05, 0.1) is 18.4 Å². The number of carbonyl (C=O) groups is 1. The molecule has 0 amide bonds. The molecule has 28 heavy (non-hydrogen) atoms. The average molecular weight is 413 g/mol. The van der Waals surface area contributed by atoms with Gasteiger partial charge < -0.3 is 15.3 Å². The number of esters is 1. The third-order valence-electron chi connectivity index (χ3n) is 4.54. The lowest BCUT2D eigenvalue weighted by atomic mass is 9.86. The molecule has 1 heterocycles. The van der Waals surface area contributed by atoms with Crippen molar-refractivity contribution in [1.82, 2.24) is 0 Å². The summed E-state index contributed by atoms with van der Waals surface area (Å²) >= 11 is 5.89. The van der Waals surface area contributed by atoms with Gasteiger partial charge in [0.25, 0.3) is 5.60 Å². The van der Waals surface area contributed by atoms with E-state index in [2.05, 4.69) is 9.89 Å². The number of nitrogens with two attached hydrogens (primary N) is 1. The Bertz CT molecular complexity index is 955. The summed E-state index contributed by atoms with van der Waals surface area (Å²) in [5, 5.41) is 3.76. The molecule has 0 aliphatic carbocycles. The number of carbonyl (C=O) groups excluding carboxylic acids is 1. The molecule has 0 bridgehead atoms. The number of oxime groups is 1. The number of ether oxygens (including phenoxy) is 1. The normalized spacial score (nSPS) is 19.1. The summed E-state index contributed by atoms with van der Waals surface area (Å²) in [6.07, 6.45) is -5.33. The Kier molecular flexibility index (Phi) is 5.01. The van der Waals surface area contributed by atoms with E-state index in [9.17, 15) is 18.0 Å². The minimum Gasteiger partial charge on any atom is -0.465 e. The third kappa shape index (κ3) is 3.40. The van der Waals surface area contributed by atoms with Gasteiger partial charge in [0.1, 0.15) is 0 Å². The van der Waals surface area contributed by atoms with Crippen molar-refractivity contribution in [3.8, 4) is 0 Å². The van der Waals surface area contributed by atoms with Gasteiger partial charge in [-0.2, -0.15) is 13.2 Å². The van der Waals surface area contributed by atoms with E-state index >= 15 is 0 Å². The Morgan fingerprint density at radius 2 is 2.00 bits per heavy atom. The van der Waals surface area contributed by atoms with Crippen LogP contribution in [0.4, 0.5) is 18.9 Å². The van der Waals surface area contributed by atoms with Gasteiger partial charge in [0.2, 0.25) is 0 Å². The lowest BCUT2D eigenvalue weighted by Crippen LogP contribution is -2.42. The highest BCUT2D eigenvalue weighted by Crippen LogP contribution is 2.49. The highest BCUT2D eigenvalue weighted by molar-refractivity contribution is 6.30. The van der Waals surface area contributed by atoms with Crippen LogP contribution in [0.25, 0.3) is 0 Å². The maximum atomic E-state index is 14.0. The summed E-state index contributed by atoms with van der Waals surface area (Å²) in [7, 11) is 1.25. The second-order valence-electron chi connectivity index (χ2n) is 6.43. The fraction of sp³-hybridized carbons (Fsp3) is 0.263. The zero-order chi connectivity index (χ0) is 20.7. The molecule has 9 heteroatoms. The first-order valence-electron chi connectivity index (χ1n) is 8.15. The lowest BCUT2D eigenvalue weighted by Gasteiger charge is -2.29. The van der Waals surface area contributed by atoms with Gasteiger partial charge in [-0.25, -0.2) is 4.79 Å². The van der Waals surface area contributed by atoms with Crippen molar-refractivity contribution in [1.29, 1.82) is 0 Å². The molecule has 1 aliphatic heterocycles. The van der Waals surface area contributed by atoms with E-state index < -0.39 is 24.2 Å². The SMILES string of the molecule is COC(=O)c1ccc(C2=NOC(c3cc(N)cc(Cl)c3)(C(F)(F)F)C2)cc1C. The molecule has 0 saturated carbocycles. The van der Waals surface area contributed by atoms with E-state index in [4.69, 9.17) is 22.2 Å². The summed E-state index contributed by atoms with van der Waals surface area (Å²) in [6, 6.07) is 8.22. The fourth-order valence-corrected chi connectivity index (χ4v) is 3.33. The third-order valence-corrected chi connectivity index (χ3v) is 4.76. The van der Waals surface area contributed by atoms with E-state index in [1.165, 1.54) is 31.4 Å². The molecule has 2 aromatic rings. The van der Waals surface area contributed by atoms with Crippen LogP contribution in [0, 0.1) is 6.92 Å². The molecule has 2 aromatic carbocycles. The number of methoxy groups -OCH3 is 1. The number of benzene rings is 2. The minimum absolute atomic E-state index is 0.0638. The molecule has 1 unspecified atom stereocenters. The number of aryl methyl sites for hydroxylation is 1. The second-order valence-corrected chi connectivity index (χ2v) is 6.86. The number of anilines is 1. The molecular weight excluding hydrogens is 397 g/mol. The highest BCUT2D eigenvalue weighted by atomic mass is 35.5. The average Bonchev–Trinajstić information content (AvgIpc) is 3.07. The fourth-order valence-electron chi connectivity index (χ4n) is 3.09. The van der Waals surface area contributed by atoms with Crippen LogP contribution in [0.15, 0.2) is 41.6 Å². The van der Waals surface area contributed by atoms with Gasteiger partial charge in [-0.15, -0.1) is 0 Å². The first kappa shape index (κ1) is 20.0. The van der Waals surface area contributed by atoms with Crippen molar-refractivity contribution >= 4 is 29.0 Å². The van der Waals surface area contributed by atoms with Gasteiger partial charge in [0.15, 0.2) is 0 Å². The molecule has 2 N–H and O–H groups in total. The molecule has 0 spiro atoms. The van der Waals surface area contributed by atoms with Gasteiger partial charge in [0, 0.05) is 22.7 Å². The maximum absolute atomic E-state index is 14.0. The zero-order valence-electron chi connectivity index (χ0n) is 14.9. The molecule has 148 valence electrons. The smallest absolute Gasteiger partial charge is 0.435 e. The molecule has 1 aliphatic rings. The van der Waals surface area contributed by atoms with E-state index in [0.717, 1.165) is 6.07 Å². The largest absolute Gasteiger partial charge is 0.465 e. The van der Waals surface area contributed by atoms with Crippen LogP contribution < -0.4 is 5.73 Å². The summed E-state index contributed by atoms with van der Waals surface area (Å²) in [6.45, 7) is 1.65. The zero-order valence-corrected chi connectivity index (χ0v) is 15.7. The number of rotatable bonds is 3. The lowest BCUT2D eigenvalue weighted by molar-refractivity contribution is -0.275. The van der Waals surface area contributed by atoms with Crippen LogP contribution >= 0.6 is 11.6 Å². The first-order chi connectivity index (χ1) is 13.1. The number of hydrogen-bond acceptors (Lipinski definition) is 5. The number of halogens is 4. The molecule has 5 nitrogen and oxygen atoms in total. The van der Waals surface area contributed by atoms with E-state index in [1.807, 2.05) is 0 Å². The Hall–Kier alpha value is -2.74. The molecule has 1 atom stereocenters. The Labute approximate surface area is 163 Å². The number of alkyl halides is 3. The number of hydrogen-bond donors (Lipinski definition) is 1. The Morgan fingerprint density at radius 1 is 1.29 bits per heavy atom. The molecule has 0 radical (unpaired) electrons. The maximum Gasteiger partial charge on any atom is 0.435 e. The minimum atomic E-state index is -4.77. The molecule has 3 rings (SSSR count). The van der Waals surface area contributed by atoms with Crippen LogP contribution in [-0.2, 0) is 15.2 Å². The molecule has 0 fully saturated rings. The second kappa shape index (κ2) is 7.01. The quantitative estimate of drug-likeness (QED) is 0.590. The van der Waals surface area contributed by atoms with Crippen LogP contribution in [0.2, 0.25) is 5.02 Å². The van der Waals surface area contributed by atoms with Crippen LogP contribution in [0.1, 0.15) is 33.5 Å². The Balaban J connectivity index is 2.00. The van der Waals surface area contributed by atoms with Gasteiger partial charge in [-0.3, -0.25) is 0 Å². The number of nitrogen functional groups attached to an aromatic ring is 1. The van der Waals surface area contributed by atoms with Crippen molar-refractivity contribution < 1.29 is 27.5 Å². The van der Waals surface area contributed by atoms with Crippen molar-refractivity contribution in [3.63, 3.8) is 0 Å².